The summed E-state index contributed by atoms with van der Waals surface area (Å²) in [5.74, 6) is -0.922. The molecular formula is C18H18ClFN2O3S. The number of hydrogen-bond donors (Lipinski definition) is 1. The molecule has 0 aromatic heterocycles. The SMILES string of the molecule is Cc1c(Cl)cccc1NC(=O)[C@@H]1CCCN1S(=O)(=O)c1ccc(F)cc1. The van der Waals surface area contributed by atoms with Crippen LogP contribution in [0.1, 0.15) is 18.4 Å². The lowest BCUT2D eigenvalue weighted by Gasteiger charge is -2.23. The summed E-state index contributed by atoms with van der Waals surface area (Å²) in [4.78, 5) is 12.7. The fraction of sp³-hybridized carbons (Fsp3) is 0.278. The molecule has 2 aromatic carbocycles. The molecule has 0 saturated carbocycles. The van der Waals surface area contributed by atoms with E-state index in [2.05, 4.69) is 5.32 Å². The van der Waals surface area contributed by atoms with Crippen molar-refractivity contribution in [3.8, 4) is 0 Å². The number of nitrogens with one attached hydrogen (secondary N) is 1. The number of sulfonamides is 1. The number of hydrogen-bond acceptors (Lipinski definition) is 3. The van der Waals surface area contributed by atoms with Gasteiger partial charge >= 0.3 is 0 Å². The van der Waals surface area contributed by atoms with Crippen molar-refractivity contribution in [2.75, 3.05) is 11.9 Å². The minimum atomic E-state index is -3.88. The summed E-state index contributed by atoms with van der Waals surface area (Å²) >= 11 is 6.06. The molecule has 8 heteroatoms. The Labute approximate surface area is 156 Å². The normalized spacial score (nSPS) is 18.0. The van der Waals surface area contributed by atoms with Gasteiger partial charge in [-0.3, -0.25) is 4.79 Å². The van der Waals surface area contributed by atoms with Crippen molar-refractivity contribution in [3.05, 3.63) is 58.9 Å². The molecule has 5 nitrogen and oxygen atoms in total. The van der Waals surface area contributed by atoms with Crippen LogP contribution in [-0.4, -0.2) is 31.2 Å². The number of rotatable bonds is 4. The highest BCUT2D eigenvalue weighted by atomic mass is 35.5. The molecule has 138 valence electrons. The van der Waals surface area contributed by atoms with Crippen molar-refractivity contribution in [1.29, 1.82) is 0 Å². The van der Waals surface area contributed by atoms with Gasteiger partial charge in [0.2, 0.25) is 15.9 Å². The zero-order chi connectivity index (χ0) is 18.9. The van der Waals surface area contributed by atoms with Crippen LogP contribution in [0.3, 0.4) is 0 Å². The number of nitrogens with zero attached hydrogens (tertiary/aromatic N) is 1. The Morgan fingerprint density at radius 1 is 1.23 bits per heavy atom. The molecular weight excluding hydrogens is 379 g/mol. The molecule has 1 amide bonds. The van der Waals surface area contributed by atoms with Gasteiger partial charge in [-0.25, -0.2) is 12.8 Å². The molecule has 0 radical (unpaired) electrons. The van der Waals surface area contributed by atoms with Gasteiger partial charge in [0, 0.05) is 17.3 Å². The third-order valence-corrected chi connectivity index (χ3v) is 6.78. The van der Waals surface area contributed by atoms with Crippen molar-refractivity contribution in [2.24, 2.45) is 0 Å². The first-order valence-corrected chi connectivity index (χ1v) is 9.96. The average Bonchev–Trinajstić information content (AvgIpc) is 3.10. The minimum Gasteiger partial charge on any atom is -0.324 e. The zero-order valence-corrected chi connectivity index (χ0v) is 15.6. The fourth-order valence-corrected chi connectivity index (χ4v) is 4.82. The van der Waals surface area contributed by atoms with Gasteiger partial charge in [0.1, 0.15) is 11.9 Å². The fourth-order valence-electron chi connectivity index (χ4n) is 2.99. The summed E-state index contributed by atoms with van der Waals surface area (Å²) in [6, 6.07) is 8.93. The van der Waals surface area contributed by atoms with Crippen LogP contribution in [0.2, 0.25) is 5.02 Å². The maximum absolute atomic E-state index is 13.1. The Morgan fingerprint density at radius 3 is 2.62 bits per heavy atom. The van der Waals surface area contributed by atoms with E-state index in [1.54, 1.807) is 25.1 Å². The molecule has 3 rings (SSSR count). The highest BCUT2D eigenvalue weighted by molar-refractivity contribution is 7.89. The highest BCUT2D eigenvalue weighted by Crippen LogP contribution is 2.28. The molecule has 1 aliphatic rings. The van der Waals surface area contributed by atoms with E-state index in [-0.39, 0.29) is 11.4 Å². The zero-order valence-electron chi connectivity index (χ0n) is 14.1. The van der Waals surface area contributed by atoms with Crippen molar-refractivity contribution in [1.82, 2.24) is 4.31 Å². The largest absolute Gasteiger partial charge is 0.324 e. The van der Waals surface area contributed by atoms with E-state index in [1.165, 1.54) is 16.4 Å². The van der Waals surface area contributed by atoms with Gasteiger partial charge < -0.3 is 5.32 Å². The lowest BCUT2D eigenvalue weighted by Crippen LogP contribution is -2.43. The van der Waals surface area contributed by atoms with E-state index in [0.29, 0.717) is 29.1 Å². The molecule has 1 fully saturated rings. The molecule has 1 atom stereocenters. The van der Waals surface area contributed by atoms with Crippen molar-refractivity contribution >= 4 is 33.2 Å². The second-order valence-electron chi connectivity index (χ2n) is 6.13. The number of amides is 1. The number of carbonyl (C=O) groups is 1. The molecule has 2 aromatic rings. The maximum Gasteiger partial charge on any atom is 0.243 e. The smallest absolute Gasteiger partial charge is 0.243 e. The summed E-state index contributed by atoms with van der Waals surface area (Å²) in [7, 11) is -3.88. The second-order valence-corrected chi connectivity index (χ2v) is 8.43. The molecule has 0 bridgehead atoms. The van der Waals surface area contributed by atoms with Gasteiger partial charge in [-0.15, -0.1) is 0 Å². The first-order valence-electron chi connectivity index (χ1n) is 8.14. The monoisotopic (exact) mass is 396 g/mol. The third kappa shape index (κ3) is 3.60. The Kier molecular flexibility index (Phi) is 5.32. The van der Waals surface area contributed by atoms with E-state index in [9.17, 15) is 17.6 Å². The summed E-state index contributed by atoms with van der Waals surface area (Å²) < 4.78 is 39.9. The predicted molar refractivity (Wildman–Crippen MR) is 98.1 cm³/mol. The van der Waals surface area contributed by atoms with Crippen LogP contribution in [0.15, 0.2) is 47.4 Å². The van der Waals surface area contributed by atoms with Crippen LogP contribution in [0.4, 0.5) is 10.1 Å². The molecule has 0 unspecified atom stereocenters. The number of benzene rings is 2. The second kappa shape index (κ2) is 7.34. The van der Waals surface area contributed by atoms with Crippen LogP contribution in [0.5, 0.6) is 0 Å². The van der Waals surface area contributed by atoms with E-state index >= 15 is 0 Å². The lowest BCUT2D eigenvalue weighted by atomic mass is 10.1. The van der Waals surface area contributed by atoms with Crippen molar-refractivity contribution < 1.29 is 17.6 Å². The first kappa shape index (κ1) is 18.8. The van der Waals surface area contributed by atoms with Gasteiger partial charge in [0.25, 0.3) is 0 Å². The quantitative estimate of drug-likeness (QED) is 0.858. The summed E-state index contributed by atoms with van der Waals surface area (Å²) in [5, 5.41) is 3.28. The topological polar surface area (TPSA) is 66.5 Å². The van der Waals surface area contributed by atoms with Crippen LogP contribution in [0.25, 0.3) is 0 Å². The van der Waals surface area contributed by atoms with Gasteiger partial charge in [0.15, 0.2) is 0 Å². The Morgan fingerprint density at radius 2 is 1.92 bits per heavy atom. The summed E-state index contributed by atoms with van der Waals surface area (Å²) in [5.41, 5.74) is 1.27. The van der Waals surface area contributed by atoms with E-state index in [0.717, 1.165) is 12.1 Å². The Bertz CT molecular complexity index is 932. The van der Waals surface area contributed by atoms with Crippen LogP contribution < -0.4 is 5.32 Å². The predicted octanol–water partition coefficient (Wildman–Crippen LogP) is 3.58. The molecule has 0 spiro atoms. The molecule has 26 heavy (non-hydrogen) atoms. The van der Waals surface area contributed by atoms with Crippen LogP contribution in [-0.2, 0) is 14.8 Å². The molecule has 0 aliphatic carbocycles. The number of halogens is 2. The van der Waals surface area contributed by atoms with Gasteiger partial charge in [0.05, 0.1) is 4.90 Å². The molecule has 1 saturated heterocycles. The number of carbonyl (C=O) groups excluding carboxylic acids is 1. The highest BCUT2D eigenvalue weighted by Gasteiger charge is 2.39. The van der Waals surface area contributed by atoms with E-state index < -0.39 is 27.8 Å². The average molecular weight is 397 g/mol. The van der Waals surface area contributed by atoms with Gasteiger partial charge in [-0.1, -0.05) is 17.7 Å². The van der Waals surface area contributed by atoms with Crippen molar-refractivity contribution in [2.45, 2.75) is 30.7 Å². The maximum atomic E-state index is 13.1. The van der Waals surface area contributed by atoms with E-state index in [1.807, 2.05) is 0 Å². The van der Waals surface area contributed by atoms with E-state index in [4.69, 9.17) is 11.6 Å². The number of anilines is 1. The summed E-state index contributed by atoms with van der Waals surface area (Å²) in [6.07, 6.45) is 0.999. The van der Waals surface area contributed by atoms with Crippen LogP contribution >= 0.6 is 11.6 Å². The third-order valence-electron chi connectivity index (χ3n) is 4.45. The summed E-state index contributed by atoms with van der Waals surface area (Å²) in [6.45, 7) is 2.02. The Balaban J connectivity index is 1.84. The standard InChI is InChI=1S/C18H18ClFN2O3S/c1-12-15(19)4-2-5-16(12)21-18(23)17-6-3-11-22(17)26(24,25)14-9-7-13(20)8-10-14/h2,4-5,7-10,17H,3,6,11H2,1H3,(H,21,23)/t17-/m0/s1. The molecule has 1 heterocycles. The van der Waals surface area contributed by atoms with Gasteiger partial charge in [-0.2, -0.15) is 4.31 Å². The first-order chi connectivity index (χ1) is 12.3. The Hall–Kier alpha value is -1.96. The molecule has 1 aliphatic heterocycles. The minimum absolute atomic E-state index is 0.0301. The van der Waals surface area contributed by atoms with Gasteiger partial charge in [-0.05, 0) is 61.7 Å². The van der Waals surface area contributed by atoms with Crippen molar-refractivity contribution in [3.63, 3.8) is 0 Å². The van der Waals surface area contributed by atoms with Crippen LogP contribution in [0, 0.1) is 12.7 Å². The lowest BCUT2D eigenvalue weighted by molar-refractivity contribution is -0.119. The molecule has 1 N–H and O–H groups in total.